The molecule has 0 amide bonds. The highest BCUT2D eigenvalue weighted by Gasteiger charge is 2.34. The van der Waals surface area contributed by atoms with Gasteiger partial charge in [0.2, 0.25) is 0 Å². The molecule has 2 heteroatoms. The summed E-state index contributed by atoms with van der Waals surface area (Å²) in [5.74, 6) is 0. The quantitative estimate of drug-likeness (QED) is 0.723. The van der Waals surface area contributed by atoms with Gasteiger partial charge in [-0.3, -0.25) is 4.90 Å². The van der Waals surface area contributed by atoms with Crippen LogP contribution in [0.5, 0.6) is 0 Å². The van der Waals surface area contributed by atoms with Crippen LogP contribution in [-0.4, -0.2) is 24.0 Å². The van der Waals surface area contributed by atoms with Crippen LogP contribution in [-0.2, 0) is 0 Å². The Bertz CT molecular complexity index is 704. The Morgan fingerprint density at radius 1 is 1.15 bits per heavy atom. The maximum Gasteiger partial charge on any atom is 0.0284 e. The zero-order valence-corrected chi connectivity index (χ0v) is 13.2. The first-order chi connectivity index (χ1) is 9.72. The van der Waals surface area contributed by atoms with E-state index in [4.69, 9.17) is 0 Å². The molecule has 1 saturated heterocycles. The van der Waals surface area contributed by atoms with Crippen LogP contribution < -0.4 is 0 Å². The molecule has 2 aliphatic heterocycles. The summed E-state index contributed by atoms with van der Waals surface area (Å²) < 4.78 is 1.16. The Labute approximate surface area is 128 Å². The summed E-state index contributed by atoms with van der Waals surface area (Å²) in [5.41, 5.74) is 2.97. The van der Waals surface area contributed by atoms with E-state index in [-0.39, 0.29) is 0 Å². The van der Waals surface area contributed by atoms with Gasteiger partial charge in [0.15, 0.2) is 0 Å². The van der Waals surface area contributed by atoms with Crippen molar-refractivity contribution < 1.29 is 0 Å². The van der Waals surface area contributed by atoms with E-state index in [0.29, 0.717) is 6.04 Å². The number of rotatable bonds is 1. The number of fused-ring (bicyclic) bond motifs is 3. The molecule has 4 rings (SSSR count). The van der Waals surface area contributed by atoms with Crippen molar-refractivity contribution >= 4 is 32.3 Å². The van der Waals surface area contributed by atoms with E-state index >= 15 is 0 Å². The van der Waals surface area contributed by atoms with E-state index in [1.165, 1.54) is 35.6 Å². The van der Waals surface area contributed by atoms with Gasteiger partial charge in [0, 0.05) is 16.6 Å². The SMILES string of the molecule is CN1C2C=C(c3cccc4ccc(Br)cc34)CC1CC2. The predicted octanol–water partition coefficient (Wildman–Crippen LogP) is 4.85. The summed E-state index contributed by atoms with van der Waals surface area (Å²) in [6.45, 7) is 0. The molecular weight excluding hydrogens is 310 g/mol. The second kappa shape index (κ2) is 4.71. The van der Waals surface area contributed by atoms with Crippen LogP contribution in [0.4, 0.5) is 0 Å². The molecular formula is C18H18BrN. The minimum absolute atomic E-state index is 0.645. The van der Waals surface area contributed by atoms with Crippen LogP contribution in [0.15, 0.2) is 46.9 Å². The molecule has 0 aliphatic carbocycles. The van der Waals surface area contributed by atoms with Crippen LogP contribution in [0.2, 0.25) is 0 Å². The van der Waals surface area contributed by atoms with E-state index in [0.717, 1.165) is 10.5 Å². The lowest BCUT2D eigenvalue weighted by molar-refractivity contribution is 0.264. The summed E-state index contributed by atoms with van der Waals surface area (Å²) in [6, 6.07) is 14.6. The van der Waals surface area contributed by atoms with Gasteiger partial charge in [-0.05, 0) is 60.4 Å². The van der Waals surface area contributed by atoms with Crippen molar-refractivity contribution in [2.75, 3.05) is 7.05 Å². The average Bonchev–Trinajstić information content (AvgIpc) is 2.68. The van der Waals surface area contributed by atoms with Gasteiger partial charge in [-0.1, -0.05) is 46.3 Å². The van der Waals surface area contributed by atoms with E-state index in [9.17, 15) is 0 Å². The Balaban J connectivity index is 1.87. The first-order valence-electron chi connectivity index (χ1n) is 7.33. The fourth-order valence-corrected chi connectivity index (χ4v) is 4.13. The van der Waals surface area contributed by atoms with Gasteiger partial charge in [-0.15, -0.1) is 0 Å². The molecule has 2 heterocycles. The van der Waals surface area contributed by atoms with Crippen molar-refractivity contribution in [2.24, 2.45) is 0 Å². The molecule has 102 valence electrons. The second-order valence-corrected chi connectivity index (χ2v) is 6.95. The maximum atomic E-state index is 3.61. The molecule has 0 aromatic heterocycles. The zero-order chi connectivity index (χ0) is 13.7. The Kier molecular flexibility index (Phi) is 2.97. The van der Waals surface area contributed by atoms with Crippen LogP contribution in [0, 0.1) is 0 Å². The van der Waals surface area contributed by atoms with E-state index in [1.807, 2.05) is 0 Å². The molecule has 0 radical (unpaired) electrons. The smallest absolute Gasteiger partial charge is 0.0284 e. The molecule has 2 bridgehead atoms. The lowest BCUT2D eigenvalue weighted by atomic mass is 9.91. The lowest BCUT2D eigenvalue weighted by Crippen LogP contribution is -2.34. The molecule has 2 aliphatic rings. The molecule has 0 saturated carbocycles. The number of benzene rings is 2. The lowest BCUT2D eigenvalue weighted by Gasteiger charge is -2.30. The van der Waals surface area contributed by atoms with Crippen molar-refractivity contribution in [3.63, 3.8) is 0 Å². The average molecular weight is 328 g/mol. The predicted molar refractivity (Wildman–Crippen MR) is 88.8 cm³/mol. The largest absolute Gasteiger partial charge is 0.297 e. The van der Waals surface area contributed by atoms with Gasteiger partial charge in [0.1, 0.15) is 0 Å². The van der Waals surface area contributed by atoms with Gasteiger partial charge in [0.05, 0.1) is 0 Å². The Morgan fingerprint density at radius 3 is 2.90 bits per heavy atom. The van der Waals surface area contributed by atoms with Gasteiger partial charge in [-0.25, -0.2) is 0 Å². The molecule has 0 spiro atoms. The third-order valence-corrected chi connectivity index (χ3v) is 5.43. The molecule has 0 N–H and O–H groups in total. The zero-order valence-electron chi connectivity index (χ0n) is 11.6. The molecule has 2 unspecified atom stereocenters. The van der Waals surface area contributed by atoms with Crippen molar-refractivity contribution in [2.45, 2.75) is 31.3 Å². The van der Waals surface area contributed by atoms with Crippen LogP contribution in [0.25, 0.3) is 16.3 Å². The standard InChI is InChI=1S/C18H18BrN/c1-20-15-7-8-16(20)10-13(9-15)17-4-2-3-12-5-6-14(19)11-18(12)17/h2-6,9,11,15-16H,7-8,10H2,1H3. The van der Waals surface area contributed by atoms with E-state index < -0.39 is 0 Å². The monoisotopic (exact) mass is 327 g/mol. The van der Waals surface area contributed by atoms with E-state index in [2.05, 4.69) is 70.4 Å². The van der Waals surface area contributed by atoms with Gasteiger partial charge >= 0.3 is 0 Å². The molecule has 20 heavy (non-hydrogen) atoms. The summed E-state index contributed by atoms with van der Waals surface area (Å²) in [7, 11) is 2.27. The highest BCUT2D eigenvalue weighted by atomic mass is 79.9. The van der Waals surface area contributed by atoms with Crippen LogP contribution >= 0.6 is 15.9 Å². The first kappa shape index (κ1) is 12.6. The highest BCUT2D eigenvalue weighted by Crippen LogP contribution is 2.39. The van der Waals surface area contributed by atoms with Gasteiger partial charge < -0.3 is 0 Å². The fraction of sp³-hybridized carbons (Fsp3) is 0.333. The summed E-state index contributed by atoms with van der Waals surface area (Å²) in [4.78, 5) is 2.55. The third-order valence-electron chi connectivity index (χ3n) is 4.93. The maximum absolute atomic E-state index is 3.61. The van der Waals surface area contributed by atoms with Crippen LogP contribution in [0.3, 0.4) is 0 Å². The molecule has 1 nitrogen and oxygen atoms in total. The summed E-state index contributed by atoms with van der Waals surface area (Å²) >= 11 is 3.61. The fourth-order valence-electron chi connectivity index (χ4n) is 3.77. The molecule has 2 atom stereocenters. The first-order valence-corrected chi connectivity index (χ1v) is 8.13. The Hall–Kier alpha value is -1.12. The minimum atomic E-state index is 0.645. The van der Waals surface area contributed by atoms with E-state index in [1.54, 1.807) is 5.57 Å². The number of hydrogen-bond donors (Lipinski definition) is 0. The second-order valence-electron chi connectivity index (χ2n) is 6.03. The third kappa shape index (κ3) is 1.94. The molecule has 2 aromatic carbocycles. The van der Waals surface area contributed by atoms with Crippen molar-refractivity contribution in [3.8, 4) is 0 Å². The summed E-state index contributed by atoms with van der Waals surface area (Å²) in [5, 5.41) is 2.70. The number of hydrogen-bond acceptors (Lipinski definition) is 1. The van der Waals surface area contributed by atoms with Crippen molar-refractivity contribution in [1.82, 2.24) is 4.90 Å². The van der Waals surface area contributed by atoms with Crippen molar-refractivity contribution in [3.05, 3.63) is 52.5 Å². The normalized spacial score (nSPS) is 26.0. The molecule has 1 fully saturated rings. The number of halogens is 1. The topological polar surface area (TPSA) is 3.24 Å². The minimum Gasteiger partial charge on any atom is -0.297 e. The van der Waals surface area contributed by atoms with Gasteiger partial charge in [0.25, 0.3) is 0 Å². The van der Waals surface area contributed by atoms with Gasteiger partial charge in [-0.2, -0.15) is 0 Å². The number of nitrogens with zero attached hydrogens (tertiary/aromatic N) is 1. The van der Waals surface area contributed by atoms with Crippen molar-refractivity contribution in [1.29, 1.82) is 0 Å². The number of likely N-dealkylation sites (N-methyl/N-ethyl adjacent to an activating group) is 1. The molecule has 2 aromatic rings. The Morgan fingerprint density at radius 2 is 2.05 bits per heavy atom. The summed E-state index contributed by atoms with van der Waals surface area (Å²) in [6.07, 6.45) is 6.35. The highest BCUT2D eigenvalue weighted by molar-refractivity contribution is 9.10. The van der Waals surface area contributed by atoms with Crippen LogP contribution in [0.1, 0.15) is 24.8 Å².